The third kappa shape index (κ3) is 2.85. The van der Waals surface area contributed by atoms with E-state index in [1.54, 1.807) is 13.2 Å². The van der Waals surface area contributed by atoms with Crippen LogP contribution in [-0.2, 0) is 9.59 Å². The van der Waals surface area contributed by atoms with Crippen LogP contribution in [0.5, 0.6) is 5.75 Å². The van der Waals surface area contributed by atoms with Gasteiger partial charge in [0.15, 0.2) is 0 Å². The van der Waals surface area contributed by atoms with Crippen molar-refractivity contribution in [3.63, 3.8) is 0 Å². The summed E-state index contributed by atoms with van der Waals surface area (Å²) in [7, 11) is 1.59. The first-order valence-corrected chi connectivity index (χ1v) is 7.85. The van der Waals surface area contributed by atoms with Crippen LogP contribution in [0.2, 0.25) is 0 Å². The molecule has 2 aromatic rings. The predicted molar refractivity (Wildman–Crippen MR) is 93.4 cm³/mol. The molecule has 1 fully saturated rings. The molecule has 1 aliphatic rings. The molecule has 1 N–H and O–H groups in total. The quantitative estimate of drug-likeness (QED) is 0.878. The number of amides is 2. The number of hydrogen-bond donors (Lipinski definition) is 1. The third-order valence-corrected chi connectivity index (χ3v) is 4.22. The lowest BCUT2D eigenvalue weighted by atomic mass is 10.1. The van der Waals surface area contributed by atoms with Crippen LogP contribution in [0.3, 0.4) is 0 Å². The lowest BCUT2D eigenvalue weighted by Crippen LogP contribution is -2.35. The highest BCUT2D eigenvalue weighted by atomic mass is 16.5. The average Bonchev–Trinajstić information content (AvgIpc) is 2.82. The molecule has 1 saturated heterocycles. The molecule has 1 atom stereocenters. The van der Waals surface area contributed by atoms with Crippen molar-refractivity contribution in [3.05, 3.63) is 53.6 Å². The van der Waals surface area contributed by atoms with Gasteiger partial charge >= 0.3 is 0 Å². The largest absolute Gasteiger partial charge is 0.497 e. The monoisotopic (exact) mass is 324 g/mol. The van der Waals surface area contributed by atoms with Crippen molar-refractivity contribution < 1.29 is 14.3 Å². The van der Waals surface area contributed by atoms with Crippen molar-refractivity contribution in [2.24, 2.45) is 0 Å². The number of anilines is 2. The molecule has 5 nitrogen and oxygen atoms in total. The number of hydrogen-bond acceptors (Lipinski definition) is 4. The van der Waals surface area contributed by atoms with Gasteiger partial charge in [0.2, 0.25) is 5.91 Å². The van der Waals surface area contributed by atoms with E-state index in [0.717, 1.165) is 16.8 Å². The molecular weight excluding hydrogens is 304 g/mol. The third-order valence-electron chi connectivity index (χ3n) is 4.22. The van der Waals surface area contributed by atoms with Crippen LogP contribution in [0.4, 0.5) is 11.4 Å². The first-order valence-electron chi connectivity index (χ1n) is 7.85. The zero-order valence-electron chi connectivity index (χ0n) is 14.0. The Labute approximate surface area is 141 Å². The van der Waals surface area contributed by atoms with Crippen molar-refractivity contribution in [1.82, 2.24) is 0 Å². The molecule has 0 bridgehead atoms. The Kier molecular flexibility index (Phi) is 4.25. The van der Waals surface area contributed by atoms with Crippen molar-refractivity contribution >= 4 is 23.2 Å². The summed E-state index contributed by atoms with van der Waals surface area (Å²) in [6.07, 6.45) is 0.143. The number of para-hydroxylation sites is 1. The van der Waals surface area contributed by atoms with E-state index in [1.165, 1.54) is 4.90 Å². The van der Waals surface area contributed by atoms with E-state index >= 15 is 0 Å². The maximum absolute atomic E-state index is 12.8. The maximum atomic E-state index is 12.8. The lowest BCUT2D eigenvalue weighted by Gasteiger charge is -2.20. The van der Waals surface area contributed by atoms with Crippen LogP contribution >= 0.6 is 0 Å². The van der Waals surface area contributed by atoms with Crippen LogP contribution in [0.25, 0.3) is 0 Å². The molecule has 5 heteroatoms. The highest BCUT2D eigenvalue weighted by molar-refractivity contribution is 6.23. The molecule has 2 amide bonds. The zero-order valence-corrected chi connectivity index (χ0v) is 14.0. The summed E-state index contributed by atoms with van der Waals surface area (Å²) < 4.78 is 5.19. The number of carbonyl (C=O) groups is 2. The van der Waals surface area contributed by atoms with E-state index in [-0.39, 0.29) is 18.2 Å². The number of benzene rings is 2. The normalized spacial score (nSPS) is 17.3. The fourth-order valence-electron chi connectivity index (χ4n) is 3.05. The SMILES string of the molecule is COc1cccc(N[C@H]2CC(=O)N(c3c(C)cccc3C)C2=O)c1. The Balaban J connectivity index is 1.86. The minimum Gasteiger partial charge on any atom is -0.497 e. The highest BCUT2D eigenvalue weighted by Crippen LogP contribution is 2.31. The summed E-state index contributed by atoms with van der Waals surface area (Å²) in [6.45, 7) is 3.82. The molecule has 1 aliphatic heterocycles. The molecular formula is C19H20N2O3. The van der Waals surface area contributed by atoms with Crippen LogP contribution in [0.15, 0.2) is 42.5 Å². The van der Waals surface area contributed by atoms with Gasteiger partial charge in [-0.1, -0.05) is 24.3 Å². The van der Waals surface area contributed by atoms with Gasteiger partial charge in [0.05, 0.1) is 19.2 Å². The minimum atomic E-state index is -0.566. The average molecular weight is 324 g/mol. The van der Waals surface area contributed by atoms with E-state index in [1.807, 2.05) is 50.2 Å². The number of carbonyl (C=O) groups excluding carboxylic acids is 2. The van der Waals surface area contributed by atoms with Gasteiger partial charge in [0, 0.05) is 11.8 Å². The zero-order chi connectivity index (χ0) is 17.3. The van der Waals surface area contributed by atoms with E-state index in [2.05, 4.69) is 5.32 Å². The van der Waals surface area contributed by atoms with Gasteiger partial charge in [-0.15, -0.1) is 0 Å². The maximum Gasteiger partial charge on any atom is 0.256 e. The van der Waals surface area contributed by atoms with Crippen LogP contribution in [-0.4, -0.2) is 25.0 Å². The summed E-state index contributed by atoms with van der Waals surface area (Å²) in [5.74, 6) is 0.293. The van der Waals surface area contributed by atoms with Crippen molar-refractivity contribution in [1.29, 1.82) is 0 Å². The molecule has 0 aromatic heterocycles. The number of rotatable bonds is 4. The molecule has 0 unspecified atom stereocenters. The number of methoxy groups -OCH3 is 1. The predicted octanol–water partition coefficient (Wildman–Crippen LogP) is 3.06. The number of aryl methyl sites for hydroxylation is 2. The second-order valence-electron chi connectivity index (χ2n) is 5.94. The summed E-state index contributed by atoms with van der Waals surface area (Å²) in [5, 5.41) is 3.14. The number of nitrogens with zero attached hydrogens (tertiary/aromatic N) is 1. The number of nitrogens with one attached hydrogen (secondary N) is 1. The van der Waals surface area contributed by atoms with Crippen molar-refractivity contribution in [3.8, 4) is 5.75 Å². The highest BCUT2D eigenvalue weighted by Gasteiger charge is 2.40. The Bertz CT molecular complexity index is 781. The van der Waals surface area contributed by atoms with Gasteiger partial charge in [-0.05, 0) is 37.1 Å². The van der Waals surface area contributed by atoms with E-state index in [4.69, 9.17) is 4.74 Å². The van der Waals surface area contributed by atoms with Gasteiger partial charge in [0.1, 0.15) is 11.8 Å². The van der Waals surface area contributed by atoms with Gasteiger partial charge in [-0.25, -0.2) is 4.90 Å². The molecule has 124 valence electrons. The topological polar surface area (TPSA) is 58.6 Å². The molecule has 0 saturated carbocycles. The second kappa shape index (κ2) is 6.35. The van der Waals surface area contributed by atoms with Gasteiger partial charge in [0.25, 0.3) is 5.91 Å². The fourth-order valence-corrected chi connectivity index (χ4v) is 3.05. The Morgan fingerprint density at radius 3 is 2.42 bits per heavy atom. The fraction of sp³-hybridized carbons (Fsp3) is 0.263. The van der Waals surface area contributed by atoms with E-state index in [0.29, 0.717) is 11.4 Å². The number of ether oxygens (including phenoxy) is 1. The Morgan fingerprint density at radius 2 is 1.75 bits per heavy atom. The molecule has 24 heavy (non-hydrogen) atoms. The van der Waals surface area contributed by atoms with Crippen LogP contribution in [0.1, 0.15) is 17.5 Å². The number of imide groups is 1. The molecule has 0 radical (unpaired) electrons. The summed E-state index contributed by atoms with van der Waals surface area (Å²) in [4.78, 5) is 26.6. The van der Waals surface area contributed by atoms with Crippen LogP contribution in [0, 0.1) is 13.8 Å². The first kappa shape index (κ1) is 16.1. The van der Waals surface area contributed by atoms with Gasteiger partial charge in [-0.3, -0.25) is 9.59 Å². The lowest BCUT2D eigenvalue weighted by molar-refractivity contribution is -0.121. The van der Waals surface area contributed by atoms with E-state index in [9.17, 15) is 9.59 Å². The minimum absolute atomic E-state index is 0.143. The summed E-state index contributed by atoms with van der Waals surface area (Å²) in [6, 6.07) is 12.5. The standard InChI is InChI=1S/C19H20N2O3/c1-12-6-4-7-13(2)18(12)21-17(22)11-16(19(21)23)20-14-8-5-9-15(10-14)24-3/h4-10,16,20H,11H2,1-3H3/t16-/m0/s1. The van der Waals surface area contributed by atoms with Crippen molar-refractivity contribution in [2.75, 3.05) is 17.3 Å². The summed E-state index contributed by atoms with van der Waals surface area (Å²) >= 11 is 0. The molecule has 2 aromatic carbocycles. The smallest absolute Gasteiger partial charge is 0.256 e. The van der Waals surface area contributed by atoms with Gasteiger partial charge in [-0.2, -0.15) is 0 Å². The second-order valence-corrected chi connectivity index (χ2v) is 5.94. The molecule has 3 rings (SSSR count). The van der Waals surface area contributed by atoms with E-state index < -0.39 is 6.04 Å². The molecule has 0 spiro atoms. The molecule has 0 aliphatic carbocycles. The van der Waals surface area contributed by atoms with Crippen LogP contribution < -0.4 is 15.0 Å². The summed E-state index contributed by atoms with van der Waals surface area (Å²) in [5.41, 5.74) is 3.28. The van der Waals surface area contributed by atoms with Gasteiger partial charge < -0.3 is 10.1 Å². The first-order chi connectivity index (χ1) is 11.5. The van der Waals surface area contributed by atoms with Crippen molar-refractivity contribution in [2.45, 2.75) is 26.3 Å². The molecule has 1 heterocycles. The Morgan fingerprint density at radius 1 is 1.08 bits per heavy atom. The Hall–Kier alpha value is -2.82.